The van der Waals surface area contributed by atoms with Crippen LogP contribution in [0.15, 0.2) is 28.0 Å². The summed E-state index contributed by atoms with van der Waals surface area (Å²) in [6.45, 7) is 4.78. The maximum absolute atomic E-state index is 5.59. The smallest absolute Gasteiger partial charge is 0.195 e. The number of nitrogens with one attached hydrogen (secondary N) is 1. The Bertz CT molecular complexity index is 702. The lowest BCUT2D eigenvalue weighted by atomic mass is 10.3. The van der Waals surface area contributed by atoms with Gasteiger partial charge in [0.2, 0.25) is 0 Å². The molecule has 0 unspecified atom stereocenters. The topological polar surface area (TPSA) is 51.0 Å². The summed E-state index contributed by atoms with van der Waals surface area (Å²) >= 11 is 1.67. The van der Waals surface area contributed by atoms with Gasteiger partial charge in [0.25, 0.3) is 0 Å². The molecule has 98 valence electrons. The zero-order valence-corrected chi connectivity index (χ0v) is 11.8. The SMILES string of the molecule is CCc1nc2cc(NCc3csc(C)n3)ccc2o1. The van der Waals surface area contributed by atoms with Gasteiger partial charge in [0.15, 0.2) is 11.5 Å². The van der Waals surface area contributed by atoms with E-state index < -0.39 is 0 Å². The van der Waals surface area contributed by atoms with Gasteiger partial charge < -0.3 is 9.73 Å². The second kappa shape index (κ2) is 5.01. The van der Waals surface area contributed by atoms with Gasteiger partial charge in [-0.1, -0.05) is 6.92 Å². The van der Waals surface area contributed by atoms with Crippen LogP contribution in [0.5, 0.6) is 0 Å². The van der Waals surface area contributed by atoms with E-state index in [4.69, 9.17) is 4.42 Å². The van der Waals surface area contributed by atoms with E-state index in [0.29, 0.717) is 0 Å². The molecule has 0 radical (unpaired) electrons. The van der Waals surface area contributed by atoms with Crippen molar-refractivity contribution >= 4 is 28.1 Å². The molecule has 2 heterocycles. The monoisotopic (exact) mass is 273 g/mol. The van der Waals surface area contributed by atoms with Gasteiger partial charge in [0, 0.05) is 17.5 Å². The molecule has 4 nitrogen and oxygen atoms in total. The number of aromatic nitrogens is 2. The number of thiazole rings is 1. The van der Waals surface area contributed by atoms with Crippen LogP contribution < -0.4 is 5.32 Å². The van der Waals surface area contributed by atoms with Crippen molar-refractivity contribution in [3.63, 3.8) is 0 Å². The van der Waals surface area contributed by atoms with Gasteiger partial charge in [-0.25, -0.2) is 9.97 Å². The van der Waals surface area contributed by atoms with E-state index in [1.165, 1.54) is 0 Å². The molecular formula is C14H15N3OS. The Morgan fingerprint density at radius 3 is 2.95 bits per heavy atom. The maximum Gasteiger partial charge on any atom is 0.195 e. The number of benzene rings is 1. The van der Waals surface area contributed by atoms with Gasteiger partial charge in [-0.15, -0.1) is 11.3 Å². The van der Waals surface area contributed by atoms with E-state index in [1.54, 1.807) is 11.3 Å². The largest absolute Gasteiger partial charge is 0.441 e. The Morgan fingerprint density at radius 1 is 1.32 bits per heavy atom. The van der Waals surface area contributed by atoms with Crippen LogP contribution in [0.25, 0.3) is 11.1 Å². The van der Waals surface area contributed by atoms with E-state index in [1.807, 2.05) is 32.0 Å². The fraction of sp³-hybridized carbons (Fsp3) is 0.286. The molecule has 1 N–H and O–H groups in total. The van der Waals surface area contributed by atoms with Crippen LogP contribution in [0.3, 0.4) is 0 Å². The Morgan fingerprint density at radius 2 is 2.21 bits per heavy atom. The summed E-state index contributed by atoms with van der Waals surface area (Å²) in [5, 5.41) is 6.53. The highest BCUT2D eigenvalue weighted by Gasteiger charge is 2.05. The zero-order chi connectivity index (χ0) is 13.2. The van der Waals surface area contributed by atoms with Crippen LogP contribution in [0.2, 0.25) is 0 Å². The highest BCUT2D eigenvalue weighted by Crippen LogP contribution is 2.21. The molecule has 2 aromatic heterocycles. The third-order valence-electron chi connectivity index (χ3n) is 2.87. The first-order chi connectivity index (χ1) is 9.24. The number of hydrogen-bond acceptors (Lipinski definition) is 5. The van der Waals surface area contributed by atoms with Gasteiger partial charge >= 0.3 is 0 Å². The van der Waals surface area contributed by atoms with Crippen molar-refractivity contribution in [2.24, 2.45) is 0 Å². The number of rotatable bonds is 4. The molecule has 0 aliphatic carbocycles. The normalized spacial score (nSPS) is 11.1. The van der Waals surface area contributed by atoms with Gasteiger partial charge in [-0.3, -0.25) is 0 Å². The molecule has 0 bridgehead atoms. The first-order valence-electron chi connectivity index (χ1n) is 6.29. The van der Waals surface area contributed by atoms with Crippen molar-refractivity contribution in [1.29, 1.82) is 0 Å². The molecule has 0 aliphatic heterocycles. The average Bonchev–Trinajstić information content (AvgIpc) is 3.01. The minimum absolute atomic E-state index is 0.730. The Hall–Kier alpha value is -1.88. The summed E-state index contributed by atoms with van der Waals surface area (Å²) in [7, 11) is 0. The van der Waals surface area contributed by atoms with Gasteiger partial charge in [-0.2, -0.15) is 0 Å². The van der Waals surface area contributed by atoms with E-state index in [9.17, 15) is 0 Å². The molecule has 0 aliphatic rings. The lowest BCUT2D eigenvalue weighted by Crippen LogP contribution is -1.99. The van der Waals surface area contributed by atoms with Crippen molar-refractivity contribution in [2.75, 3.05) is 5.32 Å². The highest BCUT2D eigenvalue weighted by molar-refractivity contribution is 7.09. The van der Waals surface area contributed by atoms with Crippen LogP contribution in [0.4, 0.5) is 5.69 Å². The van der Waals surface area contributed by atoms with Crippen LogP contribution in [0, 0.1) is 6.92 Å². The van der Waals surface area contributed by atoms with E-state index >= 15 is 0 Å². The molecule has 0 amide bonds. The summed E-state index contributed by atoms with van der Waals surface area (Å²) in [6.07, 6.45) is 0.815. The summed E-state index contributed by atoms with van der Waals surface area (Å²) in [4.78, 5) is 8.86. The summed E-state index contributed by atoms with van der Waals surface area (Å²) < 4.78 is 5.59. The molecule has 3 aromatic rings. The summed E-state index contributed by atoms with van der Waals surface area (Å²) in [5.41, 5.74) is 3.84. The van der Waals surface area contributed by atoms with Gasteiger partial charge in [0.05, 0.1) is 17.2 Å². The standard InChI is InChI=1S/C14H15N3OS/c1-3-14-17-12-6-10(4-5-13(12)18-14)15-7-11-8-19-9(2)16-11/h4-6,8,15H,3,7H2,1-2H3. The molecule has 5 heteroatoms. The third-order valence-corrected chi connectivity index (χ3v) is 3.70. The predicted octanol–water partition coefficient (Wildman–Crippen LogP) is 3.77. The van der Waals surface area contributed by atoms with Crippen molar-refractivity contribution in [3.05, 3.63) is 40.2 Å². The summed E-state index contributed by atoms with van der Waals surface area (Å²) in [6, 6.07) is 5.97. The second-order valence-electron chi connectivity index (χ2n) is 4.36. The molecule has 0 saturated carbocycles. The number of fused-ring (bicyclic) bond motifs is 1. The van der Waals surface area contributed by atoms with Crippen LogP contribution in [0.1, 0.15) is 23.5 Å². The average molecular weight is 273 g/mol. The minimum Gasteiger partial charge on any atom is -0.441 e. The highest BCUT2D eigenvalue weighted by atomic mass is 32.1. The zero-order valence-electron chi connectivity index (χ0n) is 10.9. The van der Waals surface area contributed by atoms with Crippen molar-refractivity contribution in [3.8, 4) is 0 Å². The Kier molecular flexibility index (Phi) is 3.21. The van der Waals surface area contributed by atoms with Gasteiger partial charge in [-0.05, 0) is 25.1 Å². The fourth-order valence-electron chi connectivity index (χ4n) is 1.92. The van der Waals surface area contributed by atoms with Crippen molar-refractivity contribution in [2.45, 2.75) is 26.8 Å². The fourth-order valence-corrected chi connectivity index (χ4v) is 2.53. The second-order valence-corrected chi connectivity index (χ2v) is 5.42. The first kappa shape index (κ1) is 12.2. The lowest BCUT2D eigenvalue weighted by Gasteiger charge is -2.03. The van der Waals surface area contributed by atoms with E-state index in [2.05, 4.69) is 20.7 Å². The minimum atomic E-state index is 0.730. The number of oxazole rings is 1. The number of aryl methyl sites for hydroxylation is 2. The Balaban J connectivity index is 1.77. The van der Waals surface area contributed by atoms with Crippen LogP contribution >= 0.6 is 11.3 Å². The quantitative estimate of drug-likeness (QED) is 0.786. The molecule has 3 rings (SSSR count). The van der Waals surface area contributed by atoms with E-state index in [-0.39, 0.29) is 0 Å². The number of hydrogen-bond donors (Lipinski definition) is 1. The first-order valence-corrected chi connectivity index (χ1v) is 7.17. The van der Waals surface area contributed by atoms with Crippen molar-refractivity contribution < 1.29 is 4.42 Å². The van der Waals surface area contributed by atoms with Crippen LogP contribution in [-0.4, -0.2) is 9.97 Å². The lowest BCUT2D eigenvalue weighted by molar-refractivity contribution is 0.538. The Labute approximate surface area is 115 Å². The summed E-state index contributed by atoms with van der Waals surface area (Å²) in [5.74, 6) is 0.780. The number of nitrogens with zero attached hydrogens (tertiary/aromatic N) is 2. The molecule has 19 heavy (non-hydrogen) atoms. The molecule has 0 saturated heterocycles. The number of anilines is 1. The van der Waals surface area contributed by atoms with E-state index in [0.717, 1.165) is 46.3 Å². The van der Waals surface area contributed by atoms with Crippen molar-refractivity contribution in [1.82, 2.24) is 9.97 Å². The maximum atomic E-state index is 5.59. The van der Waals surface area contributed by atoms with Crippen LogP contribution in [-0.2, 0) is 13.0 Å². The molecular weight excluding hydrogens is 258 g/mol. The molecule has 0 spiro atoms. The predicted molar refractivity (Wildman–Crippen MR) is 77.6 cm³/mol. The third kappa shape index (κ3) is 2.61. The molecule has 1 aromatic carbocycles. The van der Waals surface area contributed by atoms with Gasteiger partial charge in [0.1, 0.15) is 5.52 Å². The molecule has 0 fully saturated rings. The molecule has 0 atom stereocenters.